The first kappa shape index (κ1) is 13.8. The van der Waals surface area contributed by atoms with Gasteiger partial charge in [0, 0.05) is 0 Å². The Morgan fingerprint density at radius 1 is 1.30 bits per heavy atom. The van der Waals surface area contributed by atoms with Gasteiger partial charge in [-0.1, -0.05) is 12.1 Å². The van der Waals surface area contributed by atoms with Crippen LogP contribution >= 0.6 is 0 Å². The van der Waals surface area contributed by atoms with E-state index in [4.69, 9.17) is 0 Å². The van der Waals surface area contributed by atoms with Gasteiger partial charge in [0.05, 0.1) is 6.54 Å². The third-order valence-electron chi connectivity index (χ3n) is 2.33. The zero-order chi connectivity index (χ0) is 14.8. The van der Waals surface area contributed by atoms with E-state index in [9.17, 15) is 23.3 Å². The van der Waals surface area contributed by atoms with Crippen molar-refractivity contribution in [3.05, 3.63) is 52.5 Å². The normalized spacial score (nSPS) is 11.3. The number of rotatable bonds is 4. The minimum atomic E-state index is -4.73. The number of halogens is 3. The second-order valence-corrected chi connectivity index (χ2v) is 3.85. The largest absolute Gasteiger partial charge is 0.573 e. The summed E-state index contributed by atoms with van der Waals surface area (Å²) in [7, 11) is 0. The molecule has 0 radical (unpaired) electrons. The van der Waals surface area contributed by atoms with Crippen LogP contribution in [0.4, 0.5) is 19.0 Å². The first-order valence-electron chi connectivity index (χ1n) is 5.34. The van der Waals surface area contributed by atoms with E-state index in [0.717, 1.165) is 0 Å². The van der Waals surface area contributed by atoms with Gasteiger partial charge in [-0.05, 0) is 27.6 Å². The Bertz CT molecular complexity index is 607. The number of imidazole rings is 1. The molecule has 0 saturated carbocycles. The molecule has 106 valence electrons. The summed E-state index contributed by atoms with van der Waals surface area (Å²) in [6.45, 7) is 0.257. The molecule has 0 fully saturated rings. The number of nitro groups is 1. The molecule has 0 N–H and O–H groups in total. The number of benzene rings is 1. The second-order valence-electron chi connectivity index (χ2n) is 3.85. The number of nitrogens with zero attached hydrogens (tertiary/aromatic N) is 3. The number of hydrogen-bond acceptors (Lipinski definition) is 4. The Labute approximate surface area is 110 Å². The zero-order valence-corrected chi connectivity index (χ0v) is 9.87. The minimum absolute atomic E-state index is 0.257. The van der Waals surface area contributed by atoms with Crippen LogP contribution in [0.3, 0.4) is 0 Å². The quantitative estimate of drug-likeness (QED) is 0.640. The molecule has 20 heavy (non-hydrogen) atoms. The number of ether oxygens (including phenoxy) is 1. The van der Waals surface area contributed by atoms with Gasteiger partial charge in [-0.2, -0.15) is 0 Å². The smallest absolute Gasteiger partial charge is 0.406 e. The predicted molar refractivity (Wildman–Crippen MR) is 61.1 cm³/mol. The van der Waals surface area contributed by atoms with Crippen molar-refractivity contribution in [3.8, 4) is 5.75 Å². The van der Waals surface area contributed by atoms with E-state index < -0.39 is 11.3 Å². The van der Waals surface area contributed by atoms with Crippen molar-refractivity contribution in [2.45, 2.75) is 12.9 Å². The van der Waals surface area contributed by atoms with Crippen molar-refractivity contribution < 1.29 is 22.8 Å². The van der Waals surface area contributed by atoms with Crippen molar-refractivity contribution in [1.29, 1.82) is 0 Å². The summed E-state index contributed by atoms with van der Waals surface area (Å²) in [4.78, 5) is 13.4. The average Bonchev–Trinajstić information content (AvgIpc) is 2.78. The molecule has 0 amide bonds. The molecular formula is C11H8F3N3O3. The Morgan fingerprint density at radius 3 is 2.45 bits per heavy atom. The summed E-state index contributed by atoms with van der Waals surface area (Å²) in [6.07, 6.45) is -2.22. The molecule has 1 aromatic heterocycles. The molecular weight excluding hydrogens is 279 g/mol. The van der Waals surface area contributed by atoms with Crippen LogP contribution in [-0.4, -0.2) is 20.8 Å². The first-order chi connectivity index (χ1) is 9.33. The lowest BCUT2D eigenvalue weighted by Gasteiger charge is -2.09. The van der Waals surface area contributed by atoms with Gasteiger partial charge in [0.25, 0.3) is 0 Å². The van der Waals surface area contributed by atoms with Crippen LogP contribution in [0.2, 0.25) is 0 Å². The average molecular weight is 287 g/mol. The highest BCUT2D eigenvalue weighted by Crippen LogP contribution is 2.23. The molecule has 6 nitrogen and oxygen atoms in total. The van der Waals surface area contributed by atoms with Crippen molar-refractivity contribution in [3.63, 3.8) is 0 Å². The molecule has 1 aromatic carbocycles. The van der Waals surface area contributed by atoms with Crippen LogP contribution in [0, 0.1) is 10.1 Å². The van der Waals surface area contributed by atoms with Crippen LogP contribution in [0.1, 0.15) is 5.56 Å². The highest BCUT2D eigenvalue weighted by Gasteiger charge is 2.30. The molecule has 0 aliphatic heterocycles. The minimum Gasteiger partial charge on any atom is -0.406 e. The fourth-order valence-electron chi connectivity index (χ4n) is 1.54. The second kappa shape index (κ2) is 5.19. The topological polar surface area (TPSA) is 70.2 Å². The van der Waals surface area contributed by atoms with Gasteiger partial charge in [-0.15, -0.1) is 13.2 Å². The summed E-state index contributed by atoms with van der Waals surface area (Å²) >= 11 is 0. The van der Waals surface area contributed by atoms with E-state index in [1.165, 1.54) is 41.4 Å². The van der Waals surface area contributed by atoms with Gasteiger partial charge in [0.15, 0.2) is 0 Å². The van der Waals surface area contributed by atoms with Crippen LogP contribution in [0.5, 0.6) is 5.75 Å². The van der Waals surface area contributed by atoms with Crippen molar-refractivity contribution in [2.24, 2.45) is 0 Å². The van der Waals surface area contributed by atoms with E-state index in [0.29, 0.717) is 5.56 Å². The lowest BCUT2D eigenvalue weighted by atomic mass is 10.2. The summed E-state index contributed by atoms with van der Waals surface area (Å²) in [5.41, 5.74) is 0.659. The Hall–Kier alpha value is -2.58. The Morgan fingerprint density at radius 2 is 1.95 bits per heavy atom. The van der Waals surface area contributed by atoms with E-state index in [2.05, 4.69) is 9.72 Å². The molecule has 0 aliphatic rings. The van der Waals surface area contributed by atoms with Crippen molar-refractivity contribution in [1.82, 2.24) is 9.55 Å². The lowest BCUT2D eigenvalue weighted by molar-refractivity contribution is -0.389. The molecule has 0 unspecified atom stereocenters. The van der Waals surface area contributed by atoms with Crippen LogP contribution < -0.4 is 4.74 Å². The molecule has 0 aliphatic carbocycles. The molecule has 0 saturated heterocycles. The van der Waals surface area contributed by atoms with Gasteiger partial charge < -0.3 is 19.4 Å². The maximum atomic E-state index is 12.0. The molecule has 2 rings (SSSR count). The molecule has 1 heterocycles. The highest BCUT2D eigenvalue weighted by molar-refractivity contribution is 5.28. The molecule has 0 atom stereocenters. The third-order valence-corrected chi connectivity index (χ3v) is 2.33. The fraction of sp³-hybridized carbons (Fsp3) is 0.182. The summed E-state index contributed by atoms with van der Waals surface area (Å²) < 4.78 is 41.1. The number of alkyl halides is 3. The highest BCUT2D eigenvalue weighted by atomic mass is 19.4. The third kappa shape index (κ3) is 3.70. The van der Waals surface area contributed by atoms with Gasteiger partial charge in [-0.3, -0.25) is 0 Å². The molecule has 0 spiro atoms. The van der Waals surface area contributed by atoms with Gasteiger partial charge in [0.2, 0.25) is 6.33 Å². The summed E-state index contributed by atoms with van der Waals surface area (Å²) in [5.74, 6) is -0.611. The predicted octanol–water partition coefficient (Wildman–Crippen LogP) is 2.74. The van der Waals surface area contributed by atoms with Crippen molar-refractivity contribution in [2.75, 3.05) is 0 Å². The maximum Gasteiger partial charge on any atom is 0.573 e. The molecule has 0 bridgehead atoms. The number of hydrogen-bond donors (Lipinski definition) is 0. The van der Waals surface area contributed by atoms with Gasteiger partial charge in [0.1, 0.15) is 11.9 Å². The van der Waals surface area contributed by atoms with Gasteiger partial charge in [-0.25, -0.2) is 0 Å². The van der Waals surface area contributed by atoms with Crippen LogP contribution in [0.15, 0.2) is 36.8 Å². The zero-order valence-electron chi connectivity index (χ0n) is 9.87. The molecule has 2 aromatic rings. The van der Waals surface area contributed by atoms with Gasteiger partial charge >= 0.3 is 12.2 Å². The molecule has 9 heteroatoms. The van der Waals surface area contributed by atoms with Crippen molar-refractivity contribution >= 4 is 5.82 Å². The lowest BCUT2D eigenvalue weighted by Crippen LogP contribution is -2.17. The van der Waals surface area contributed by atoms with E-state index in [-0.39, 0.29) is 18.1 Å². The fourth-order valence-corrected chi connectivity index (χ4v) is 1.54. The van der Waals surface area contributed by atoms with Crippen LogP contribution in [0.25, 0.3) is 0 Å². The first-order valence-corrected chi connectivity index (χ1v) is 5.34. The monoisotopic (exact) mass is 287 g/mol. The number of aromatic nitrogens is 2. The standard InChI is InChI=1S/C11H8F3N3O3/c12-11(13,14)20-9-3-1-8(2-4-9)5-16-6-10(15-7-16)17(18)19/h1-4,6-7H,5H2. The van der Waals surface area contributed by atoms with E-state index in [1.807, 2.05) is 0 Å². The summed E-state index contributed by atoms with van der Waals surface area (Å²) in [6, 6.07) is 5.22. The Kier molecular flexibility index (Phi) is 3.59. The Balaban J connectivity index is 2.04. The van der Waals surface area contributed by atoms with Crippen LogP contribution in [-0.2, 0) is 6.54 Å². The van der Waals surface area contributed by atoms with E-state index >= 15 is 0 Å². The summed E-state index contributed by atoms with van der Waals surface area (Å²) in [5, 5.41) is 10.5. The maximum absolute atomic E-state index is 12.0. The van der Waals surface area contributed by atoms with E-state index in [1.54, 1.807) is 0 Å². The SMILES string of the molecule is O=[N+]([O-])c1cn(Cc2ccc(OC(F)(F)F)cc2)cn1.